The van der Waals surface area contributed by atoms with E-state index in [1.54, 1.807) is 24.3 Å². The third-order valence-corrected chi connectivity index (χ3v) is 6.29. The molecule has 4 bridgehead atoms. The zero-order chi connectivity index (χ0) is 16.7. The number of ketones is 1. The van der Waals surface area contributed by atoms with Crippen molar-refractivity contribution >= 4 is 11.8 Å². The van der Waals surface area contributed by atoms with Crippen molar-refractivity contribution in [1.29, 1.82) is 0 Å². The molecule has 4 nitrogen and oxygen atoms in total. The Morgan fingerprint density at radius 2 is 1.62 bits per heavy atom. The zero-order valence-electron chi connectivity index (χ0n) is 14.1. The van der Waals surface area contributed by atoms with Gasteiger partial charge in [0.05, 0.1) is 7.11 Å². The van der Waals surface area contributed by atoms with E-state index in [9.17, 15) is 9.59 Å². The molecule has 0 radical (unpaired) electrons. The first kappa shape index (κ1) is 15.7. The third-order valence-electron chi connectivity index (χ3n) is 6.29. The van der Waals surface area contributed by atoms with Crippen molar-refractivity contribution in [3.63, 3.8) is 0 Å². The maximum atomic E-state index is 12.9. The van der Waals surface area contributed by atoms with Crippen LogP contribution in [-0.2, 0) is 9.53 Å². The lowest BCUT2D eigenvalue weighted by molar-refractivity contribution is -0.147. The van der Waals surface area contributed by atoms with Gasteiger partial charge in [-0.05, 0) is 68.4 Å². The molecule has 4 aliphatic rings. The molecule has 0 heterocycles. The molecule has 0 aromatic heterocycles. The van der Waals surface area contributed by atoms with E-state index in [2.05, 4.69) is 0 Å². The first-order chi connectivity index (χ1) is 11.6. The quantitative estimate of drug-likeness (QED) is 0.774. The second-order valence-corrected chi connectivity index (χ2v) is 7.90. The molecule has 0 saturated heterocycles. The van der Waals surface area contributed by atoms with Crippen molar-refractivity contribution in [3.8, 4) is 5.75 Å². The lowest BCUT2D eigenvalue weighted by Gasteiger charge is -2.55. The first-order valence-corrected chi connectivity index (χ1v) is 8.93. The van der Waals surface area contributed by atoms with Crippen molar-refractivity contribution in [1.82, 2.24) is 0 Å². The Kier molecular flexibility index (Phi) is 3.86. The third kappa shape index (κ3) is 2.62. The second kappa shape index (κ2) is 5.91. The van der Waals surface area contributed by atoms with Gasteiger partial charge in [0.2, 0.25) is 0 Å². The molecule has 4 heteroatoms. The fourth-order valence-corrected chi connectivity index (χ4v) is 5.63. The van der Waals surface area contributed by atoms with Gasteiger partial charge in [-0.15, -0.1) is 0 Å². The number of rotatable bonds is 5. The summed E-state index contributed by atoms with van der Waals surface area (Å²) in [5.41, 5.74) is 0.161. The minimum absolute atomic E-state index is 0.108. The van der Waals surface area contributed by atoms with Crippen LogP contribution >= 0.6 is 0 Å². The molecule has 4 fully saturated rings. The molecule has 0 amide bonds. The number of Topliss-reactive ketones (excluding diaryl/α,β-unsaturated/α-hetero) is 1. The van der Waals surface area contributed by atoms with Crippen LogP contribution in [0, 0.1) is 23.2 Å². The summed E-state index contributed by atoms with van der Waals surface area (Å²) in [5.74, 6) is 2.26. The van der Waals surface area contributed by atoms with Crippen LogP contribution in [0.5, 0.6) is 5.75 Å². The normalized spacial score (nSPS) is 33.3. The highest BCUT2D eigenvalue weighted by Crippen LogP contribution is 2.60. The minimum atomic E-state index is -0.481. The van der Waals surface area contributed by atoms with E-state index in [1.807, 2.05) is 0 Å². The molecular formula is C20H24O4. The molecule has 0 atom stereocenters. The van der Waals surface area contributed by atoms with Crippen LogP contribution in [0.15, 0.2) is 24.3 Å². The topological polar surface area (TPSA) is 52.6 Å². The molecule has 1 aromatic rings. The molecule has 0 aliphatic heterocycles. The van der Waals surface area contributed by atoms with Crippen molar-refractivity contribution in [2.75, 3.05) is 13.7 Å². The largest absolute Gasteiger partial charge is 0.496 e. The summed E-state index contributed by atoms with van der Waals surface area (Å²) < 4.78 is 10.5. The van der Waals surface area contributed by atoms with Gasteiger partial charge >= 0.3 is 5.97 Å². The molecule has 128 valence electrons. The summed E-state index contributed by atoms with van der Waals surface area (Å²) in [6.07, 6.45) is 6.91. The maximum absolute atomic E-state index is 12.9. The van der Waals surface area contributed by atoms with Gasteiger partial charge in [0.15, 0.2) is 12.4 Å². The van der Waals surface area contributed by atoms with Crippen molar-refractivity contribution in [2.45, 2.75) is 38.5 Å². The Morgan fingerprint density at radius 1 is 1.04 bits per heavy atom. The lowest BCUT2D eigenvalue weighted by atomic mass is 9.48. The Morgan fingerprint density at radius 3 is 2.21 bits per heavy atom. The maximum Gasteiger partial charge on any atom is 0.342 e. The molecule has 24 heavy (non-hydrogen) atoms. The van der Waals surface area contributed by atoms with Gasteiger partial charge in [-0.1, -0.05) is 12.1 Å². The Bertz CT molecular complexity index is 628. The Hall–Kier alpha value is -1.84. The Balaban J connectivity index is 1.43. The van der Waals surface area contributed by atoms with E-state index in [0.717, 1.165) is 19.3 Å². The number of para-hydroxylation sites is 1. The molecule has 4 aliphatic carbocycles. The Labute approximate surface area is 142 Å². The number of benzene rings is 1. The second-order valence-electron chi connectivity index (χ2n) is 7.90. The van der Waals surface area contributed by atoms with Crippen LogP contribution in [0.25, 0.3) is 0 Å². The van der Waals surface area contributed by atoms with Crippen molar-refractivity contribution in [3.05, 3.63) is 29.8 Å². The number of hydrogen-bond acceptors (Lipinski definition) is 4. The highest BCUT2D eigenvalue weighted by Gasteiger charge is 2.54. The number of carbonyl (C=O) groups is 2. The van der Waals surface area contributed by atoms with Crippen molar-refractivity contribution in [2.24, 2.45) is 23.2 Å². The predicted octanol–water partition coefficient (Wildman–Crippen LogP) is 3.64. The fourth-order valence-electron chi connectivity index (χ4n) is 5.63. The smallest absolute Gasteiger partial charge is 0.342 e. The number of esters is 1. The van der Waals surface area contributed by atoms with Gasteiger partial charge in [0, 0.05) is 5.41 Å². The molecule has 0 spiro atoms. The van der Waals surface area contributed by atoms with Gasteiger partial charge in [-0.25, -0.2) is 4.79 Å². The summed E-state index contributed by atoms with van der Waals surface area (Å²) in [4.78, 5) is 25.2. The highest BCUT2D eigenvalue weighted by atomic mass is 16.5. The minimum Gasteiger partial charge on any atom is -0.496 e. The van der Waals surface area contributed by atoms with Gasteiger partial charge < -0.3 is 9.47 Å². The van der Waals surface area contributed by atoms with E-state index in [0.29, 0.717) is 29.1 Å². The van der Waals surface area contributed by atoms with Gasteiger partial charge in [0.25, 0.3) is 0 Å². The molecule has 1 aromatic carbocycles. The lowest BCUT2D eigenvalue weighted by Crippen LogP contribution is -2.51. The average Bonchev–Trinajstić information content (AvgIpc) is 2.58. The molecule has 4 saturated carbocycles. The summed E-state index contributed by atoms with van der Waals surface area (Å²) in [7, 11) is 1.52. The van der Waals surface area contributed by atoms with Crippen LogP contribution in [0.3, 0.4) is 0 Å². The monoisotopic (exact) mass is 328 g/mol. The highest BCUT2D eigenvalue weighted by molar-refractivity contribution is 5.95. The van der Waals surface area contributed by atoms with Gasteiger partial charge in [-0.3, -0.25) is 4.79 Å². The number of hydrogen-bond donors (Lipinski definition) is 0. The van der Waals surface area contributed by atoms with Crippen LogP contribution in [0.4, 0.5) is 0 Å². The van der Waals surface area contributed by atoms with E-state index in [-0.39, 0.29) is 17.8 Å². The van der Waals surface area contributed by atoms with Gasteiger partial charge in [-0.2, -0.15) is 0 Å². The average molecular weight is 328 g/mol. The summed E-state index contributed by atoms with van der Waals surface area (Å²) in [6.45, 7) is -0.108. The number of ether oxygens (including phenoxy) is 2. The summed E-state index contributed by atoms with van der Waals surface area (Å²) in [6, 6.07) is 6.95. The first-order valence-electron chi connectivity index (χ1n) is 8.93. The van der Waals surface area contributed by atoms with E-state index >= 15 is 0 Å². The number of methoxy groups -OCH3 is 1. The van der Waals surface area contributed by atoms with Crippen LogP contribution in [0.2, 0.25) is 0 Å². The van der Waals surface area contributed by atoms with Gasteiger partial charge in [0.1, 0.15) is 11.3 Å². The summed E-state index contributed by atoms with van der Waals surface area (Å²) in [5, 5.41) is 0. The molecular weight excluding hydrogens is 304 g/mol. The van der Waals surface area contributed by atoms with Crippen LogP contribution in [-0.4, -0.2) is 25.5 Å². The zero-order valence-corrected chi connectivity index (χ0v) is 14.1. The van der Waals surface area contributed by atoms with Crippen LogP contribution in [0.1, 0.15) is 48.9 Å². The van der Waals surface area contributed by atoms with E-state index in [1.165, 1.54) is 26.4 Å². The van der Waals surface area contributed by atoms with E-state index < -0.39 is 5.97 Å². The van der Waals surface area contributed by atoms with Crippen molar-refractivity contribution < 1.29 is 19.1 Å². The SMILES string of the molecule is COc1ccccc1C(=O)OCC(=O)C12CC3CC(CC(C3)C1)C2. The molecule has 0 N–H and O–H groups in total. The molecule has 5 rings (SSSR count). The predicted molar refractivity (Wildman–Crippen MR) is 88.9 cm³/mol. The molecule has 0 unspecified atom stereocenters. The van der Waals surface area contributed by atoms with E-state index in [4.69, 9.17) is 9.47 Å². The van der Waals surface area contributed by atoms with Crippen LogP contribution < -0.4 is 4.74 Å². The number of carbonyl (C=O) groups excluding carboxylic acids is 2. The fraction of sp³-hybridized carbons (Fsp3) is 0.600. The summed E-state index contributed by atoms with van der Waals surface area (Å²) >= 11 is 0. The standard InChI is InChI=1S/C20H24O4/c1-23-17-5-3-2-4-16(17)19(22)24-12-18(21)20-9-13-6-14(10-20)8-15(7-13)11-20/h2-5,13-15H,6-12H2,1H3.